The normalized spacial score (nSPS) is 41.2. The molecule has 0 saturated carbocycles. The molecule has 30 aliphatic heterocycles. The number of esters is 1. The fourth-order valence-corrected chi connectivity index (χ4v) is 22.5. The number of carbonyl (C=O) groups excluding carboxylic acids is 2. The minimum atomic E-state index is -2.31. The Hall–Kier alpha value is -2.72. The van der Waals surface area contributed by atoms with Gasteiger partial charge in [0.05, 0.1) is 101 Å². The summed E-state index contributed by atoms with van der Waals surface area (Å²) in [5.74, 6) is -11.8. The van der Waals surface area contributed by atoms with Gasteiger partial charge in [0.1, 0.15) is 153 Å². The first kappa shape index (κ1) is 110. The predicted octanol–water partition coefficient (Wildman–Crippen LogP) is -7.89. The zero-order chi connectivity index (χ0) is 94.2. The maximum atomic E-state index is 12.4. The zero-order valence-electron chi connectivity index (χ0n) is 68.9. The van der Waals surface area contributed by atoms with E-state index in [1.807, 2.05) is 0 Å². The van der Waals surface area contributed by atoms with Crippen LogP contribution in [0.1, 0.15) is 44.9 Å². The van der Waals surface area contributed by atoms with Gasteiger partial charge in [-0.15, -0.1) is 0 Å². The third kappa shape index (κ3) is 31.1. The number of carboxylic acid groups (broad SMARTS) is 6. The summed E-state index contributed by atoms with van der Waals surface area (Å²) >= 11 is 7.34. The molecular weight excluding hydrogens is 1900 g/mol. The fourth-order valence-electron chi connectivity index (χ4n) is 14.8. The van der Waals surface area contributed by atoms with Crippen LogP contribution < -0.4 is 0 Å². The van der Waals surface area contributed by atoms with E-state index >= 15 is 0 Å². The van der Waals surface area contributed by atoms with Crippen molar-refractivity contribution in [2.45, 2.75) is 291 Å². The van der Waals surface area contributed by atoms with Gasteiger partial charge < -0.3 is 198 Å². The molecule has 0 spiro atoms. The molecular formula is C73H114O48S8. The van der Waals surface area contributed by atoms with Crippen molar-refractivity contribution in [1.82, 2.24) is 0 Å². The van der Waals surface area contributed by atoms with E-state index in [1.54, 1.807) is 0 Å². The molecule has 0 aromatic heterocycles. The van der Waals surface area contributed by atoms with Gasteiger partial charge in [0.25, 0.3) is 6.47 Å². The second-order valence-corrected chi connectivity index (χ2v) is 40.0. The van der Waals surface area contributed by atoms with Gasteiger partial charge in [-0.2, -0.15) is 94.1 Å². The van der Waals surface area contributed by atoms with E-state index in [0.717, 1.165) is 101 Å². The molecule has 40 atom stereocenters. The Bertz CT molecular complexity index is 3440. The highest BCUT2D eigenvalue weighted by Gasteiger charge is 2.61. The standard InChI is InChI=1S/C73H114O48S8/c1-104-41(87)8-16-128-24-33-64-48(94)56(102)72(112-33)118-62-30(21-125-13-5-38(81)82)108-68(52(98)44(62)90)115-59-27(18-122-10-2-35(75)76)106-66(50(96)42(59)88)114-58-28(19-123-11-3-36(77)78)107-67(51(97)43(58)89)117-61-31(22-126-14-6-39(83)84)111-71(55(101)47(61)93)121-65-34(25-129-17-9-105-26-74)113-73(57(103)49(65)95)119-63-32(23-127-15-7-40(85)86)109-69(53(99)46(63)92)116-60-29(20-124-12-4-37(79)80)110-70(120-64)54(100)45(60)91/h26-34,42-73,88-103H,2-25H2,1H3,(H,75,76)(H,77,78)(H,79,80)(H,81,82)(H,83,84)(H,85,86)/t27-,28-,29-,30-,31-,32-,33-,34-,42-,43-,44-,45-,46-,47-,48-,49-,50-,51-,52-,53-,54-,55-,56-,57-,58-,59-,60-,61-,62-,63-,64-,65-,66-,67-,68-,69-,70-,71-,72-,73-/m1/s1. The third-order valence-corrected chi connectivity index (χ3v) is 30.0. The molecule has 0 aromatic rings. The number of thioether (sulfide) groups is 8. The lowest BCUT2D eigenvalue weighted by atomic mass is 9.95. The van der Waals surface area contributed by atoms with E-state index in [-0.39, 0.29) is 112 Å². The van der Waals surface area contributed by atoms with Gasteiger partial charge >= 0.3 is 41.8 Å². The second-order valence-electron chi connectivity index (χ2n) is 30.8. The van der Waals surface area contributed by atoms with Crippen molar-refractivity contribution in [3.8, 4) is 0 Å². The van der Waals surface area contributed by atoms with E-state index < -0.39 is 326 Å². The Labute approximate surface area is 770 Å². The van der Waals surface area contributed by atoms with Crippen LogP contribution in [0, 0.1) is 0 Å². The van der Waals surface area contributed by atoms with E-state index in [0.29, 0.717) is 0 Å². The quantitative estimate of drug-likeness (QED) is 0.0154. The lowest BCUT2D eigenvalue weighted by Crippen LogP contribution is -2.69. The summed E-state index contributed by atoms with van der Waals surface area (Å²) in [5, 5.41) is 253. The first-order valence-corrected chi connectivity index (χ1v) is 50.1. The summed E-state index contributed by atoms with van der Waals surface area (Å²) in [7, 11) is 1.13. The van der Waals surface area contributed by atoms with Crippen LogP contribution >= 0.6 is 94.1 Å². The summed E-state index contributed by atoms with van der Waals surface area (Å²) in [6, 6.07) is 0. The lowest BCUT2D eigenvalue weighted by molar-refractivity contribution is -0.396. The number of hydrogen-bond donors (Lipinski definition) is 22. The van der Waals surface area contributed by atoms with Gasteiger partial charge in [-0.3, -0.25) is 38.4 Å². The van der Waals surface area contributed by atoms with Crippen molar-refractivity contribution < 1.29 is 236 Å². The summed E-state index contributed by atoms with van der Waals surface area (Å²) in [5.41, 5.74) is 0. The van der Waals surface area contributed by atoms with Crippen LogP contribution in [0.4, 0.5) is 0 Å². The second kappa shape index (κ2) is 54.0. The number of ether oxygens (including phenoxy) is 18. The highest BCUT2D eigenvalue weighted by Crippen LogP contribution is 2.43. The van der Waals surface area contributed by atoms with Crippen LogP contribution in [0.5, 0.6) is 0 Å². The van der Waals surface area contributed by atoms with Gasteiger partial charge in [0, 0.05) is 92.0 Å². The number of methoxy groups -OCH3 is 1. The van der Waals surface area contributed by atoms with Gasteiger partial charge in [-0.25, -0.2) is 0 Å². The Kier molecular flexibility index (Phi) is 46.0. The van der Waals surface area contributed by atoms with Crippen molar-refractivity contribution in [3.63, 3.8) is 0 Å². The van der Waals surface area contributed by atoms with E-state index in [2.05, 4.69) is 0 Å². The smallest absolute Gasteiger partial charge is 0.306 e. The Morgan fingerprint density at radius 1 is 0.233 bits per heavy atom. The van der Waals surface area contributed by atoms with Crippen LogP contribution in [0.3, 0.4) is 0 Å². The molecule has 129 heavy (non-hydrogen) atoms. The average molecular weight is 2020 g/mol. The highest BCUT2D eigenvalue weighted by molar-refractivity contribution is 8.00. The van der Waals surface area contributed by atoms with Gasteiger partial charge in [0.15, 0.2) is 50.3 Å². The van der Waals surface area contributed by atoms with E-state index in [4.69, 9.17) is 85.3 Å². The lowest BCUT2D eigenvalue weighted by Gasteiger charge is -2.51. The third-order valence-electron chi connectivity index (χ3n) is 21.6. The maximum absolute atomic E-state index is 12.4. The van der Waals surface area contributed by atoms with Crippen molar-refractivity contribution in [3.05, 3.63) is 0 Å². The maximum Gasteiger partial charge on any atom is 0.306 e. The first-order valence-electron chi connectivity index (χ1n) is 40.8. The molecule has 0 unspecified atom stereocenters. The topological polar surface area (TPSA) is 748 Å². The SMILES string of the molecule is COC(=O)CCSC[C@H]1O[C@@H]2O[C@H]3[C@H](O)[C@@H](O)[C@@H](O[C@H]4[C@H](O)[C@@H](O)[C@@H](O[C@H]5[C@H](O)[C@@H](O)[C@@H](O[C@H]6[C@H](O)[C@@H](O)[C@@H](O[C@H]7[C@H](O)[C@@H](O)[C@@H](O[C@H]8[C@H](O)[C@@H](O)[C@@H](O[C@H]9[C@H](O)[C@@H](O)[C@@H](O[C@H]1[C@H](O)[C@H]2O)O[C@@H]9CSCCC(=O)O)O[C@@H]8CSCCC(=O)O)O[C@@H]7CSCCOC=O)O[C@@H]6CSCCC(=O)O)O[C@@H]5CSCCC(=O)O)O[C@@H]4CSCCC(=O)O)O[C@@H]3CSCCC(=O)O. The van der Waals surface area contributed by atoms with Gasteiger partial charge in [0.2, 0.25) is 0 Å². The average Bonchev–Trinajstić information content (AvgIpc) is 0.770. The van der Waals surface area contributed by atoms with Crippen molar-refractivity contribution in [2.75, 3.05) is 106 Å². The monoisotopic (exact) mass is 2010 g/mol. The van der Waals surface area contributed by atoms with Crippen molar-refractivity contribution in [1.29, 1.82) is 0 Å². The number of hydrogen-bond acceptors (Lipinski definition) is 50. The molecule has 30 saturated heterocycles. The summed E-state index contributed by atoms with van der Waals surface area (Å²) in [4.78, 5) is 94.5. The molecule has 16 bridgehead atoms. The number of aliphatic hydroxyl groups excluding tert-OH is 16. The Morgan fingerprint density at radius 2 is 0.380 bits per heavy atom. The molecule has 48 nitrogen and oxygen atoms in total. The molecule has 30 aliphatic rings. The molecule has 0 aromatic carbocycles. The molecule has 30 fully saturated rings. The number of carboxylic acids is 6. The Balaban J connectivity index is 1.12. The highest BCUT2D eigenvalue weighted by atomic mass is 32.2. The predicted molar refractivity (Wildman–Crippen MR) is 445 cm³/mol. The van der Waals surface area contributed by atoms with Gasteiger partial charge in [-0.1, -0.05) is 0 Å². The Morgan fingerprint density at radius 3 is 0.519 bits per heavy atom. The molecule has 0 amide bonds. The molecule has 742 valence electrons. The summed E-state index contributed by atoms with van der Waals surface area (Å²) in [6.45, 7) is -0.0515. The van der Waals surface area contributed by atoms with Crippen LogP contribution in [0.25, 0.3) is 0 Å². The molecule has 30 heterocycles. The number of rotatable bonds is 41. The molecule has 30 rings (SSSR count). The molecule has 0 radical (unpaired) electrons. The van der Waals surface area contributed by atoms with Crippen molar-refractivity contribution in [2.24, 2.45) is 0 Å². The zero-order valence-corrected chi connectivity index (χ0v) is 75.4. The number of aliphatic hydroxyl groups is 16. The van der Waals surface area contributed by atoms with Crippen LogP contribution in [-0.2, 0) is 124 Å². The fraction of sp³-hybridized carbons (Fsp3) is 0.890. The van der Waals surface area contributed by atoms with Gasteiger partial charge in [-0.05, 0) is 0 Å². The molecule has 0 aliphatic carbocycles. The number of carbonyl (C=O) groups is 8. The number of aliphatic carboxylic acids is 6. The first-order chi connectivity index (χ1) is 61.4. The van der Waals surface area contributed by atoms with E-state index in [1.165, 1.54) is 0 Å². The summed E-state index contributed by atoms with van der Waals surface area (Å²) in [6.07, 6.45) is -84.2. The van der Waals surface area contributed by atoms with Crippen molar-refractivity contribution >= 4 is 142 Å². The largest absolute Gasteiger partial charge is 0.481 e. The minimum absolute atomic E-state index is 0.0144. The van der Waals surface area contributed by atoms with E-state index in [9.17, 15) is 151 Å². The van der Waals surface area contributed by atoms with Crippen LogP contribution in [0.15, 0.2) is 0 Å². The molecule has 56 heteroatoms. The minimum Gasteiger partial charge on any atom is -0.481 e. The van der Waals surface area contributed by atoms with Crippen LogP contribution in [0.2, 0.25) is 0 Å². The van der Waals surface area contributed by atoms with Crippen LogP contribution in [-0.4, -0.2) is 512 Å². The molecule has 22 N–H and O–H groups in total. The summed E-state index contributed by atoms with van der Waals surface area (Å²) < 4.78 is 110.